The van der Waals surface area contributed by atoms with Crippen molar-refractivity contribution in [2.75, 3.05) is 26.7 Å². The van der Waals surface area contributed by atoms with Crippen molar-refractivity contribution < 1.29 is 9.53 Å². The molecule has 1 aliphatic heterocycles. The number of ether oxygens (including phenoxy) is 1. The number of hydrogen-bond donors (Lipinski definition) is 0. The predicted octanol–water partition coefficient (Wildman–Crippen LogP) is 3.50. The number of carbonyl (C=O) groups excluding carboxylic acids is 1. The van der Waals surface area contributed by atoms with E-state index in [1.54, 1.807) is 0 Å². The summed E-state index contributed by atoms with van der Waals surface area (Å²) in [5.74, 6) is 0.132. The summed E-state index contributed by atoms with van der Waals surface area (Å²) in [6.45, 7) is 8.54. The topological polar surface area (TPSA) is 32.8 Å². The highest BCUT2D eigenvalue weighted by Crippen LogP contribution is 2.40. The standard InChI is InChI=1S/C22H34N2O2/c1-5-24-17-22(26-21(2,3)20(24)25)14-11-19(12-15-22)23(4)16-13-18-9-7-6-8-10-18/h6-10,19H,5,11-17H2,1-4H3. The van der Waals surface area contributed by atoms with Gasteiger partial charge in [-0.15, -0.1) is 0 Å². The normalized spacial score (nSPS) is 28.7. The Balaban J connectivity index is 1.55. The van der Waals surface area contributed by atoms with Gasteiger partial charge in [0.1, 0.15) is 5.60 Å². The van der Waals surface area contributed by atoms with Crippen LogP contribution in [0.2, 0.25) is 0 Å². The van der Waals surface area contributed by atoms with E-state index in [1.807, 2.05) is 18.7 Å². The number of likely N-dealkylation sites (N-methyl/N-ethyl adjacent to an activating group) is 2. The lowest BCUT2D eigenvalue weighted by atomic mass is 9.79. The summed E-state index contributed by atoms with van der Waals surface area (Å²) < 4.78 is 6.39. The largest absolute Gasteiger partial charge is 0.357 e. The molecule has 1 spiro atoms. The molecular weight excluding hydrogens is 324 g/mol. The molecule has 0 bridgehead atoms. The van der Waals surface area contributed by atoms with E-state index in [0.29, 0.717) is 6.04 Å². The molecule has 0 radical (unpaired) electrons. The molecule has 2 aliphatic rings. The van der Waals surface area contributed by atoms with Gasteiger partial charge in [-0.3, -0.25) is 4.79 Å². The van der Waals surface area contributed by atoms with E-state index in [-0.39, 0.29) is 11.5 Å². The third-order valence-electron chi connectivity index (χ3n) is 6.22. The Kier molecular flexibility index (Phi) is 5.73. The van der Waals surface area contributed by atoms with Crippen LogP contribution in [0.3, 0.4) is 0 Å². The second-order valence-electron chi connectivity index (χ2n) is 8.56. The second-order valence-corrected chi connectivity index (χ2v) is 8.56. The summed E-state index contributed by atoms with van der Waals surface area (Å²) in [5.41, 5.74) is 0.561. The molecule has 26 heavy (non-hydrogen) atoms. The maximum Gasteiger partial charge on any atom is 0.254 e. The Labute approximate surface area is 158 Å². The summed E-state index contributed by atoms with van der Waals surface area (Å²) in [7, 11) is 2.25. The van der Waals surface area contributed by atoms with Crippen molar-refractivity contribution in [2.45, 2.75) is 70.1 Å². The molecule has 0 aromatic heterocycles. The summed E-state index contributed by atoms with van der Waals surface area (Å²) in [4.78, 5) is 17.0. The number of rotatable bonds is 5. The summed E-state index contributed by atoms with van der Waals surface area (Å²) in [6.07, 6.45) is 5.47. The molecule has 144 valence electrons. The third kappa shape index (κ3) is 4.12. The monoisotopic (exact) mass is 358 g/mol. The van der Waals surface area contributed by atoms with Crippen molar-refractivity contribution in [1.82, 2.24) is 9.80 Å². The molecule has 1 aromatic carbocycles. The van der Waals surface area contributed by atoms with E-state index in [4.69, 9.17) is 4.74 Å². The van der Waals surface area contributed by atoms with E-state index in [9.17, 15) is 4.79 Å². The maximum atomic E-state index is 12.5. The molecule has 1 saturated carbocycles. The van der Waals surface area contributed by atoms with Gasteiger partial charge >= 0.3 is 0 Å². The van der Waals surface area contributed by atoms with Gasteiger partial charge in [-0.2, -0.15) is 0 Å². The summed E-state index contributed by atoms with van der Waals surface area (Å²) in [5, 5.41) is 0. The summed E-state index contributed by atoms with van der Waals surface area (Å²) >= 11 is 0. The number of benzene rings is 1. The van der Waals surface area contributed by atoms with Gasteiger partial charge in [0.05, 0.1) is 5.60 Å². The van der Waals surface area contributed by atoms with Gasteiger partial charge in [0.15, 0.2) is 0 Å². The second kappa shape index (κ2) is 7.69. The smallest absolute Gasteiger partial charge is 0.254 e. The summed E-state index contributed by atoms with van der Waals surface area (Å²) in [6, 6.07) is 11.3. The molecule has 1 saturated heterocycles. The van der Waals surface area contributed by atoms with Crippen molar-refractivity contribution in [3.8, 4) is 0 Å². The Morgan fingerprint density at radius 1 is 1.19 bits per heavy atom. The van der Waals surface area contributed by atoms with Gasteiger partial charge in [-0.1, -0.05) is 30.3 Å². The van der Waals surface area contributed by atoms with E-state index in [1.165, 1.54) is 5.56 Å². The van der Waals surface area contributed by atoms with E-state index in [2.05, 4.69) is 49.2 Å². The Hall–Kier alpha value is -1.39. The fourth-order valence-corrected chi connectivity index (χ4v) is 4.64. The lowest BCUT2D eigenvalue weighted by Gasteiger charge is -2.52. The highest BCUT2D eigenvalue weighted by atomic mass is 16.5. The van der Waals surface area contributed by atoms with E-state index in [0.717, 1.165) is 51.7 Å². The fourth-order valence-electron chi connectivity index (χ4n) is 4.64. The zero-order valence-corrected chi connectivity index (χ0v) is 16.8. The van der Waals surface area contributed by atoms with Crippen LogP contribution in [-0.2, 0) is 16.0 Å². The molecule has 1 aromatic rings. The van der Waals surface area contributed by atoms with Crippen LogP contribution in [0.5, 0.6) is 0 Å². The van der Waals surface area contributed by atoms with E-state index < -0.39 is 5.60 Å². The third-order valence-corrected chi connectivity index (χ3v) is 6.22. The SMILES string of the molecule is CCN1CC2(CCC(N(C)CCc3ccccc3)CC2)OC(C)(C)C1=O. The molecule has 4 nitrogen and oxygen atoms in total. The quantitative estimate of drug-likeness (QED) is 0.808. The van der Waals surface area contributed by atoms with Crippen molar-refractivity contribution in [1.29, 1.82) is 0 Å². The molecule has 3 rings (SSSR count). The van der Waals surface area contributed by atoms with Crippen molar-refractivity contribution in [3.63, 3.8) is 0 Å². The molecular formula is C22H34N2O2. The van der Waals surface area contributed by atoms with Gasteiger partial charge in [0, 0.05) is 25.7 Å². The van der Waals surface area contributed by atoms with Crippen molar-refractivity contribution in [2.24, 2.45) is 0 Å². The van der Waals surface area contributed by atoms with Crippen molar-refractivity contribution >= 4 is 5.91 Å². The highest BCUT2D eigenvalue weighted by Gasteiger charge is 2.50. The van der Waals surface area contributed by atoms with Crippen LogP contribution in [-0.4, -0.2) is 59.6 Å². The minimum Gasteiger partial charge on any atom is -0.357 e. The first-order chi connectivity index (χ1) is 12.4. The number of morpholine rings is 1. The van der Waals surface area contributed by atoms with Crippen LogP contribution in [0, 0.1) is 0 Å². The first-order valence-electron chi connectivity index (χ1n) is 10.1. The molecule has 1 amide bonds. The first kappa shape index (κ1) is 19.4. The lowest BCUT2D eigenvalue weighted by molar-refractivity contribution is -0.215. The van der Waals surface area contributed by atoms with Crippen LogP contribution in [0.4, 0.5) is 0 Å². The lowest BCUT2D eigenvalue weighted by Crippen LogP contribution is -2.64. The van der Waals surface area contributed by atoms with E-state index >= 15 is 0 Å². The minimum absolute atomic E-state index is 0.132. The zero-order chi connectivity index (χ0) is 18.8. The minimum atomic E-state index is -0.694. The first-order valence-corrected chi connectivity index (χ1v) is 10.1. The Morgan fingerprint density at radius 3 is 2.46 bits per heavy atom. The molecule has 0 unspecified atom stereocenters. The van der Waals surface area contributed by atoms with Gasteiger partial charge in [0.25, 0.3) is 5.91 Å². The Morgan fingerprint density at radius 2 is 1.85 bits per heavy atom. The molecule has 2 fully saturated rings. The van der Waals surface area contributed by atoms with Crippen LogP contribution in [0.15, 0.2) is 30.3 Å². The van der Waals surface area contributed by atoms with Crippen LogP contribution in [0.1, 0.15) is 52.0 Å². The number of amides is 1. The van der Waals surface area contributed by atoms with Crippen molar-refractivity contribution in [3.05, 3.63) is 35.9 Å². The van der Waals surface area contributed by atoms with Gasteiger partial charge in [-0.25, -0.2) is 0 Å². The molecule has 0 N–H and O–H groups in total. The molecule has 1 heterocycles. The highest BCUT2D eigenvalue weighted by molar-refractivity contribution is 5.85. The van der Waals surface area contributed by atoms with Crippen LogP contribution >= 0.6 is 0 Å². The van der Waals surface area contributed by atoms with Crippen LogP contribution < -0.4 is 0 Å². The van der Waals surface area contributed by atoms with Gasteiger partial charge < -0.3 is 14.5 Å². The van der Waals surface area contributed by atoms with Gasteiger partial charge in [-0.05, 0) is 65.5 Å². The number of hydrogen-bond acceptors (Lipinski definition) is 3. The fraction of sp³-hybridized carbons (Fsp3) is 0.682. The predicted molar refractivity (Wildman–Crippen MR) is 105 cm³/mol. The molecule has 0 atom stereocenters. The maximum absolute atomic E-state index is 12.5. The molecule has 1 aliphatic carbocycles. The zero-order valence-electron chi connectivity index (χ0n) is 16.8. The molecule has 4 heteroatoms. The number of carbonyl (C=O) groups is 1. The number of nitrogens with zero attached hydrogens (tertiary/aromatic N) is 2. The Bertz CT molecular complexity index is 606. The average molecular weight is 359 g/mol. The average Bonchev–Trinajstić information content (AvgIpc) is 2.64. The van der Waals surface area contributed by atoms with Gasteiger partial charge in [0.2, 0.25) is 0 Å². The van der Waals surface area contributed by atoms with Crippen LogP contribution in [0.25, 0.3) is 0 Å².